The maximum atomic E-state index is 11.2. The quantitative estimate of drug-likeness (QED) is 0.500. The van der Waals surface area contributed by atoms with Crippen molar-refractivity contribution in [2.24, 2.45) is 0 Å². The van der Waals surface area contributed by atoms with Crippen LogP contribution in [0.25, 0.3) is 0 Å². The molecule has 0 atom stereocenters. The smallest absolute Gasteiger partial charge is 0.222 e. The summed E-state index contributed by atoms with van der Waals surface area (Å²) in [4.78, 5) is 25.7. The number of hydrogen-bond acceptors (Lipinski definition) is 2. The Kier molecular flexibility index (Phi) is 2.68. The summed E-state index contributed by atoms with van der Waals surface area (Å²) in [6.45, 7) is 1.28. The highest BCUT2D eigenvalue weighted by Gasteiger charge is 2.18. The molecular formula is C8H14N2O2. The lowest BCUT2D eigenvalue weighted by atomic mass is 10.2. The van der Waals surface area contributed by atoms with E-state index in [2.05, 4.69) is 0 Å². The molecule has 0 saturated carbocycles. The number of nitrogens with zero attached hydrogens (tertiary/aromatic N) is 2. The largest absolute Gasteiger partial charge is 0.344 e. The van der Waals surface area contributed by atoms with Crippen molar-refractivity contribution in [3.63, 3.8) is 0 Å². The van der Waals surface area contributed by atoms with Gasteiger partial charge in [0.1, 0.15) is 0 Å². The van der Waals surface area contributed by atoms with Crippen LogP contribution >= 0.6 is 0 Å². The summed E-state index contributed by atoms with van der Waals surface area (Å²) in [6, 6.07) is 0. The molecule has 0 spiro atoms. The lowest BCUT2D eigenvalue weighted by Gasteiger charge is -2.25. The van der Waals surface area contributed by atoms with Crippen LogP contribution in [0.1, 0.15) is 12.8 Å². The Balaban J connectivity index is 2.57. The molecule has 0 bridgehead atoms. The van der Waals surface area contributed by atoms with Crippen LogP contribution in [0.4, 0.5) is 0 Å². The first-order valence-corrected chi connectivity index (χ1v) is 4.09. The average Bonchev–Trinajstić information content (AvgIpc) is 2.07. The van der Waals surface area contributed by atoms with Gasteiger partial charge < -0.3 is 9.80 Å². The zero-order valence-electron chi connectivity index (χ0n) is 7.54. The fourth-order valence-electron chi connectivity index (χ4n) is 1.14. The molecule has 1 rings (SSSR count). The second kappa shape index (κ2) is 3.56. The number of carbonyl (C=O) groups excluding carboxylic acids is 2. The summed E-state index contributed by atoms with van der Waals surface area (Å²) in [5, 5.41) is 0. The molecule has 0 radical (unpaired) electrons. The fraction of sp³-hybridized carbons (Fsp3) is 0.750. The van der Waals surface area contributed by atoms with Gasteiger partial charge in [-0.05, 0) is 0 Å². The lowest BCUT2D eigenvalue weighted by Crippen LogP contribution is -2.40. The third-order valence-electron chi connectivity index (χ3n) is 2.18. The van der Waals surface area contributed by atoms with E-state index in [1.165, 1.54) is 0 Å². The van der Waals surface area contributed by atoms with Gasteiger partial charge in [0.25, 0.3) is 0 Å². The number of hydrogen-bond donors (Lipinski definition) is 0. The molecular weight excluding hydrogens is 156 g/mol. The summed E-state index contributed by atoms with van der Waals surface area (Å²) >= 11 is 0. The van der Waals surface area contributed by atoms with E-state index in [0.717, 1.165) is 0 Å². The van der Waals surface area contributed by atoms with Crippen molar-refractivity contribution in [1.82, 2.24) is 9.80 Å². The van der Waals surface area contributed by atoms with Gasteiger partial charge in [0.2, 0.25) is 11.8 Å². The summed E-state index contributed by atoms with van der Waals surface area (Å²) in [5.74, 6) is 0.132. The van der Waals surface area contributed by atoms with Gasteiger partial charge in [-0.2, -0.15) is 0 Å². The Hall–Kier alpha value is -1.06. The van der Waals surface area contributed by atoms with Crippen LogP contribution in [0.3, 0.4) is 0 Å². The minimum Gasteiger partial charge on any atom is -0.344 e. The molecule has 0 aromatic carbocycles. The minimum atomic E-state index is 0.0662. The first-order valence-electron chi connectivity index (χ1n) is 4.09. The van der Waals surface area contributed by atoms with E-state index in [1.54, 1.807) is 23.9 Å². The van der Waals surface area contributed by atoms with Gasteiger partial charge in [-0.25, -0.2) is 0 Å². The number of carbonyl (C=O) groups is 2. The Morgan fingerprint density at radius 2 is 1.25 bits per heavy atom. The van der Waals surface area contributed by atoms with Crippen molar-refractivity contribution in [1.29, 1.82) is 0 Å². The predicted molar refractivity (Wildman–Crippen MR) is 44.5 cm³/mol. The van der Waals surface area contributed by atoms with Gasteiger partial charge in [0, 0.05) is 40.0 Å². The summed E-state index contributed by atoms with van der Waals surface area (Å²) in [6.07, 6.45) is 0.694. The number of likely N-dealkylation sites (N-methyl/N-ethyl adjacent to an activating group) is 2. The Morgan fingerprint density at radius 3 is 1.58 bits per heavy atom. The maximum Gasteiger partial charge on any atom is 0.222 e. The monoisotopic (exact) mass is 170 g/mol. The molecule has 12 heavy (non-hydrogen) atoms. The van der Waals surface area contributed by atoms with Crippen LogP contribution in [-0.4, -0.2) is 48.8 Å². The summed E-state index contributed by atoms with van der Waals surface area (Å²) in [5.41, 5.74) is 0. The second-order valence-corrected chi connectivity index (χ2v) is 3.13. The van der Waals surface area contributed by atoms with E-state index in [-0.39, 0.29) is 11.8 Å². The first kappa shape index (κ1) is 9.03. The van der Waals surface area contributed by atoms with Crippen molar-refractivity contribution < 1.29 is 9.59 Å². The third kappa shape index (κ3) is 1.96. The zero-order chi connectivity index (χ0) is 9.14. The van der Waals surface area contributed by atoms with Crippen molar-refractivity contribution in [3.8, 4) is 0 Å². The number of amides is 2. The molecule has 0 N–H and O–H groups in total. The average molecular weight is 170 g/mol. The van der Waals surface area contributed by atoms with E-state index in [0.29, 0.717) is 25.9 Å². The van der Waals surface area contributed by atoms with Crippen LogP contribution in [-0.2, 0) is 9.59 Å². The van der Waals surface area contributed by atoms with E-state index in [4.69, 9.17) is 0 Å². The van der Waals surface area contributed by atoms with Crippen LogP contribution in [0.5, 0.6) is 0 Å². The zero-order valence-corrected chi connectivity index (χ0v) is 7.54. The second-order valence-electron chi connectivity index (χ2n) is 3.13. The van der Waals surface area contributed by atoms with Gasteiger partial charge >= 0.3 is 0 Å². The van der Waals surface area contributed by atoms with Gasteiger partial charge in [-0.3, -0.25) is 9.59 Å². The highest BCUT2D eigenvalue weighted by atomic mass is 16.2. The topological polar surface area (TPSA) is 40.6 Å². The highest BCUT2D eigenvalue weighted by molar-refractivity contribution is 5.84. The molecule has 1 saturated heterocycles. The van der Waals surface area contributed by atoms with Crippen LogP contribution in [0.2, 0.25) is 0 Å². The first-order chi connectivity index (χ1) is 5.61. The molecule has 2 amide bonds. The highest BCUT2D eigenvalue weighted by Crippen LogP contribution is 2.03. The molecule has 1 fully saturated rings. The van der Waals surface area contributed by atoms with Gasteiger partial charge in [-0.1, -0.05) is 0 Å². The summed E-state index contributed by atoms with van der Waals surface area (Å²) in [7, 11) is 3.54. The Labute approximate surface area is 72.1 Å². The van der Waals surface area contributed by atoms with Crippen LogP contribution < -0.4 is 0 Å². The standard InChI is InChI=1S/C8H14N2O2/c1-9-5-6-10(2)8(12)4-3-7(9)11/h3-6H2,1-2H3. The molecule has 0 aliphatic carbocycles. The third-order valence-corrected chi connectivity index (χ3v) is 2.18. The van der Waals surface area contributed by atoms with E-state index in [1.807, 2.05) is 0 Å². The molecule has 1 aliphatic rings. The SMILES string of the molecule is CN1CCN(C)C(=O)CCC1=O. The van der Waals surface area contributed by atoms with E-state index in [9.17, 15) is 9.59 Å². The molecule has 4 nitrogen and oxygen atoms in total. The Bertz CT molecular complexity index is 181. The van der Waals surface area contributed by atoms with Crippen LogP contribution in [0, 0.1) is 0 Å². The molecule has 1 aliphatic heterocycles. The van der Waals surface area contributed by atoms with Crippen molar-refractivity contribution in [3.05, 3.63) is 0 Å². The van der Waals surface area contributed by atoms with Gasteiger partial charge in [-0.15, -0.1) is 0 Å². The maximum absolute atomic E-state index is 11.2. The normalized spacial score (nSPS) is 20.8. The van der Waals surface area contributed by atoms with Gasteiger partial charge in [0.05, 0.1) is 0 Å². The Morgan fingerprint density at radius 1 is 0.917 bits per heavy atom. The molecule has 68 valence electrons. The molecule has 0 aromatic rings. The summed E-state index contributed by atoms with van der Waals surface area (Å²) < 4.78 is 0. The number of rotatable bonds is 0. The van der Waals surface area contributed by atoms with Gasteiger partial charge in [0.15, 0.2) is 0 Å². The van der Waals surface area contributed by atoms with Crippen LogP contribution in [0.15, 0.2) is 0 Å². The molecule has 0 aromatic heterocycles. The van der Waals surface area contributed by atoms with Crippen molar-refractivity contribution in [2.75, 3.05) is 27.2 Å². The fourth-order valence-corrected chi connectivity index (χ4v) is 1.14. The van der Waals surface area contributed by atoms with E-state index < -0.39 is 0 Å². The van der Waals surface area contributed by atoms with E-state index >= 15 is 0 Å². The van der Waals surface area contributed by atoms with Crippen molar-refractivity contribution in [2.45, 2.75) is 12.8 Å². The molecule has 4 heteroatoms. The lowest BCUT2D eigenvalue weighted by molar-refractivity contribution is -0.138. The van der Waals surface area contributed by atoms with Crippen molar-refractivity contribution >= 4 is 11.8 Å². The molecule has 1 heterocycles. The molecule has 0 unspecified atom stereocenters. The predicted octanol–water partition coefficient (Wildman–Crippen LogP) is -0.303. The minimum absolute atomic E-state index is 0.0662.